The quantitative estimate of drug-likeness (QED) is 0.594. The van der Waals surface area contributed by atoms with Crippen molar-refractivity contribution in [2.75, 3.05) is 13.7 Å². The zero-order chi connectivity index (χ0) is 13.5. The van der Waals surface area contributed by atoms with Crippen molar-refractivity contribution >= 4 is 32.1 Å². The van der Waals surface area contributed by atoms with E-state index in [-0.39, 0.29) is 11.9 Å². The summed E-state index contributed by atoms with van der Waals surface area (Å²) in [5, 5.41) is 0. The van der Waals surface area contributed by atoms with Crippen molar-refractivity contribution in [3.8, 4) is 5.75 Å². The van der Waals surface area contributed by atoms with Gasteiger partial charge in [-0.2, -0.15) is 0 Å². The lowest BCUT2D eigenvalue weighted by Gasteiger charge is -2.08. The predicted octanol–water partition coefficient (Wildman–Crippen LogP) is 3.67. The lowest BCUT2D eigenvalue weighted by Crippen LogP contribution is -2.12. The van der Waals surface area contributed by atoms with Gasteiger partial charge in [0.15, 0.2) is 0 Å². The van der Waals surface area contributed by atoms with Gasteiger partial charge in [0.2, 0.25) is 0 Å². The fourth-order valence-electron chi connectivity index (χ4n) is 1.43. The molecule has 0 aromatic heterocycles. The molecule has 1 rings (SSSR count). The van der Waals surface area contributed by atoms with E-state index in [1.807, 2.05) is 37.3 Å². The zero-order valence-electron chi connectivity index (χ0n) is 10.8. The van der Waals surface area contributed by atoms with E-state index in [1.165, 1.54) is 0 Å². The van der Waals surface area contributed by atoms with Gasteiger partial charge in [-0.25, -0.2) is 0 Å². The fourth-order valence-corrected chi connectivity index (χ4v) is 2.30. The fraction of sp³-hybridized carbons (Fsp3) is 0.357. The molecular formula is C14H17IO3. The molecule has 0 aliphatic rings. The number of ether oxygens (including phenoxy) is 2. The second kappa shape index (κ2) is 7.41. The van der Waals surface area contributed by atoms with Gasteiger partial charge in [-0.15, -0.1) is 0 Å². The van der Waals surface area contributed by atoms with Crippen LogP contribution < -0.4 is 4.74 Å². The van der Waals surface area contributed by atoms with Crippen LogP contribution in [-0.2, 0) is 9.53 Å². The maximum Gasteiger partial charge on any atom is 0.312 e. The third-order valence-corrected chi connectivity index (χ3v) is 3.38. The second-order valence-electron chi connectivity index (χ2n) is 3.79. The molecule has 0 radical (unpaired) electrons. The number of hydrogen-bond acceptors (Lipinski definition) is 3. The van der Waals surface area contributed by atoms with Crippen LogP contribution in [-0.4, -0.2) is 19.7 Å². The van der Waals surface area contributed by atoms with E-state index >= 15 is 0 Å². The van der Waals surface area contributed by atoms with E-state index in [4.69, 9.17) is 9.47 Å². The van der Waals surface area contributed by atoms with Crippen molar-refractivity contribution in [1.29, 1.82) is 0 Å². The lowest BCUT2D eigenvalue weighted by molar-refractivity contribution is -0.145. The number of halogens is 1. The van der Waals surface area contributed by atoms with Gasteiger partial charge in [0.25, 0.3) is 0 Å². The molecule has 0 amide bonds. The normalized spacial score (nSPS) is 13.0. The van der Waals surface area contributed by atoms with E-state index in [2.05, 4.69) is 22.6 Å². The second-order valence-corrected chi connectivity index (χ2v) is 4.95. The van der Waals surface area contributed by atoms with E-state index in [9.17, 15) is 4.79 Å². The van der Waals surface area contributed by atoms with Crippen molar-refractivity contribution in [2.24, 2.45) is 5.92 Å². The van der Waals surface area contributed by atoms with E-state index in [0.29, 0.717) is 6.61 Å². The topological polar surface area (TPSA) is 35.5 Å². The van der Waals surface area contributed by atoms with Crippen LogP contribution in [0, 0.1) is 5.92 Å². The van der Waals surface area contributed by atoms with Crippen LogP contribution in [0.3, 0.4) is 0 Å². The summed E-state index contributed by atoms with van der Waals surface area (Å²) >= 11 is 2.22. The Morgan fingerprint density at radius 3 is 2.83 bits per heavy atom. The Labute approximate surface area is 121 Å². The Hall–Kier alpha value is -1.04. The minimum Gasteiger partial charge on any atom is -0.497 e. The Bertz CT molecular complexity index is 440. The monoisotopic (exact) mass is 360 g/mol. The molecule has 1 unspecified atom stereocenters. The third kappa shape index (κ3) is 4.33. The van der Waals surface area contributed by atoms with Gasteiger partial charge < -0.3 is 9.47 Å². The van der Waals surface area contributed by atoms with E-state index in [0.717, 1.165) is 14.9 Å². The summed E-state index contributed by atoms with van der Waals surface area (Å²) in [6.45, 7) is 4.05. The van der Waals surface area contributed by atoms with Crippen molar-refractivity contribution in [3.05, 3.63) is 35.9 Å². The molecule has 0 saturated carbocycles. The highest BCUT2D eigenvalue weighted by Crippen LogP contribution is 2.26. The number of esters is 1. The average molecular weight is 360 g/mol. The summed E-state index contributed by atoms with van der Waals surface area (Å²) in [6, 6.07) is 7.74. The summed E-state index contributed by atoms with van der Waals surface area (Å²) in [5.41, 5.74) is 1.03. The molecule has 1 atom stereocenters. The van der Waals surface area contributed by atoms with Crippen LogP contribution in [0.1, 0.15) is 19.4 Å². The first-order valence-electron chi connectivity index (χ1n) is 5.76. The van der Waals surface area contributed by atoms with Crippen molar-refractivity contribution in [1.82, 2.24) is 0 Å². The molecule has 18 heavy (non-hydrogen) atoms. The van der Waals surface area contributed by atoms with Crippen molar-refractivity contribution < 1.29 is 14.3 Å². The molecule has 3 nitrogen and oxygen atoms in total. The first-order chi connectivity index (χ1) is 8.58. The Morgan fingerprint density at radius 2 is 2.22 bits per heavy atom. The predicted molar refractivity (Wildman–Crippen MR) is 80.8 cm³/mol. The number of methoxy groups -OCH3 is 1. The molecule has 0 fully saturated rings. The molecule has 0 spiro atoms. The van der Waals surface area contributed by atoms with Gasteiger partial charge in [0.05, 0.1) is 19.6 Å². The SMILES string of the molecule is CCOC(=O)C(C)/C=C(/I)c1cccc(OC)c1. The largest absolute Gasteiger partial charge is 0.497 e. The Kier molecular flexibility index (Phi) is 6.18. The standard InChI is InChI=1S/C14H17IO3/c1-4-18-14(16)10(2)8-13(15)11-6-5-7-12(9-11)17-3/h5-10H,4H2,1-3H3/b13-8+. The highest BCUT2D eigenvalue weighted by atomic mass is 127. The zero-order valence-corrected chi connectivity index (χ0v) is 12.9. The Morgan fingerprint density at radius 1 is 1.50 bits per heavy atom. The van der Waals surface area contributed by atoms with Crippen LogP contribution in [0.4, 0.5) is 0 Å². The first-order valence-corrected chi connectivity index (χ1v) is 6.84. The summed E-state index contributed by atoms with van der Waals surface area (Å²) < 4.78 is 11.2. The summed E-state index contributed by atoms with van der Waals surface area (Å²) in [4.78, 5) is 11.5. The highest BCUT2D eigenvalue weighted by Gasteiger charge is 2.12. The van der Waals surface area contributed by atoms with Gasteiger partial charge in [0.1, 0.15) is 5.75 Å². The minimum absolute atomic E-state index is 0.199. The molecule has 0 aliphatic heterocycles. The maximum atomic E-state index is 11.5. The van der Waals surface area contributed by atoms with Gasteiger partial charge >= 0.3 is 5.97 Å². The number of hydrogen-bond donors (Lipinski definition) is 0. The van der Waals surface area contributed by atoms with Gasteiger partial charge in [-0.05, 0) is 54.1 Å². The molecule has 1 aromatic carbocycles. The lowest BCUT2D eigenvalue weighted by atomic mass is 10.1. The summed E-state index contributed by atoms with van der Waals surface area (Å²) in [5.74, 6) is 0.358. The molecule has 0 aliphatic carbocycles. The average Bonchev–Trinajstić information content (AvgIpc) is 2.39. The van der Waals surface area contributed by atoms with E-state index in [1.54, 1.807) is 14.0 Å². The molecule has 98 valence electrons. The molecule has 0 bridgehead atoms. The minimum atomic E-state index is -0.247. The first kappa shape index (κ1) is 15.0. The number of rotatable bonds is 5. The van der Waals surface area contributed by atoms with E-state index < -0.39 is 0 Å². The summed E-state index contributed by atoms with van der Waals surface area (Å²) in [6.07, 6.45) is 1.90. The summed E-state index contributed by atoms with van der Waals surface area (Å²) in [7, 11) is 1.64. The van der Waals surface area contributed by atoms with Crippen LogP contribution in [0.15, 0.2) is 30.3 Å². The van der Waals surface area contributed by atoms with Crippen molar-refractivity contribution in [3.63, 3.8) is 0 Å². The number of benzene rings is 1. The van der Waals surface area contributed by atoms with Crippen LogP contribution in [0.2, 0.25) is 0 Å². The van der Waals surface area contributed by atoms with Gasteiger partial charge in [-0.1, -0.05) is 18.2 Å². The van der Waals surface area contributed by atoms with Gasteiger partial charge in [0, 0.05) is 3.58 Å². The van der Waals surface area contributed by atoms with Crippen LogP contribution in [0.5, 0.6) is 5.75 Å². The highest BCUT2D eigenvalue weighted by molar-refractivity contribution is 14.1. The number of carbonyl (C=O) groups excluding carboxylic acids is 1. The maximum absolute atomic E-state index is 11.5. The third-order valence-electron chi connectivity index (χ3n) is 2.40. The van der Waals surface area contributed by atoms with Crippen LogP contribution in [0.25, 0.3) is 3.58 Å². The molecule has 1 aromatic rings. The molecular weight excluding hydrogens is 343 g/mol. The number of carbonyl (C=O) groups is 1. The smallest absolute Gasteiger partial charge is 0.312 e. The van der Waals surface area contributed by atoms with Crippen molar-refractivity contribution in [2.45, 2.75) is 13.8 Å². The Balaban J connectivity index is 2.84. The molecule has 4 heteroatoms. The molecule has 0 saturated heterocycles. The molecule has 0 heterocycles. The van der Waals surface area contributed by atoms with Gasteiger partial charge in [-0.3, -0.25) is 4.79 Å². The van der Waals surface area contributed by atoms with Crippen LogP contribution >= 0.6 is 22.6 Å². The molecule has 0 N–H and O–H groups in total.